The fourth-order valence-corrected chi connectivity index (χ4v) is 2.00. The lowest BCUT2D eigenvalue weighted by Gasteiger charge is -1.91. The van der Waals surface area contributed by atoms with Crippen molar-refractivity contribution in [3.05, 3.63) is 29.8 Å². The van der Waals surface area contributed by atoms with Crippen LogP contribution in [0, 0.1) is 5.41 Å². The van der Waals surface area contributed by atoms with Gasteiger partial charge < -0.3 is 0 Å². The van der Waals surface area contributed by atoms with Crippen molar-refractivity contribution in [3.63, 3.8) is 0 Å². The van der Waals surface area contributed by atoms with Crippen LogP contribution in [-0.2, 0) is 6.42 Å². The molecule has 10 heavy (non-hydrogen) atoms. The molecule has 0 unspecified atom stereocenters. The highest BCUT2D eigenvalue weighted by atomic mass is 32.2. The zero-order valence-electron chi connectivity index (χ0n) is 5.42. The van der Waals surface area contributed by atoms with Crippen molar-refractivity contribution in [1.82, 2.24) is 0 Å². The molecule has 0 radical (unpaired) electrons. The van der Waals surface area contributed by atoms with Crippen molar-refractivity contribution in [3.8, 4) is 0 Å². The smallest absolute Gasteiger partial charge is 0.0733 e. The first-order valence-corrected chi connectivity index (χ1v) is 4.01. The highest BCUT2D eigenvalue weighted by molar-refractivity contribution is 8.14. The van der Waals surface area contributed by atoms with Crippen LogP contribution in [-0.4, -0.2) is 5.04 Å². The summed E-state index contributed by atoms with van der Waals surface area (Å²) in [6, 6.07) is 8.20. The molecule has 0 bridgehead atoms. The van der Waals surface area contributed by atoms with E-state index >= 15 is 0 Å². The van der Waals surface area contributed by atoms with Gasteiger partial charge in [0.25, 0.3) is 0 Å². The van der Waals surface area contributed by atoms with Crippen molar-refractivity contribution in [2.24, 2.45) is 0 Å². The number of thioether (sulfide) groups is 1. The molecule has 1 nitrogen and oxygen atoms in total. The minimum atomic E-state index is 0.765. The monoisotopic (exact) mass is 149 g/mol. The molecule has 1 aliphatic rings. The molecule has 0 saturated carbocycles. The average Bonchev–Trinajstić information content (AvgIpc) is 2.27. The second-order valence-electron chi connectivity index (χ2n) is 2.31. The number of hydrogen-bond donors (Lipinski definition) is 1. The predicted octanol–water partition coefficient (Wildman–Crippen LogP) is 2.31. The Morgan fingerprint density at radius 1 is 1.30 bits per heavy atom. The molecule has 1 heterocycles. The van der Waals surface area contributed by atoms with Gasteiger partial charge in [0.05, 0.1) is 5.04 Å². The molecule has 0 saturated heterocycles. The molecule has 1 aliphatic heterocycles. The Morgan fingerprint density at radius 3 is 2.90 bits per heavy atom. The molecule has 0 atom stereocenters. The van der Waals surface area contributed by atoms with Gasteiger partial charge in [-0.05, 0) is 11.6 Å². The van der Waals surface area contributed by atoms with Crippen molar-refractivity contribution in [1.29, 1.82) is 5.41 Å². The van der Waals surface area contributed by atoms with E-state index in [2.05, 4.69) is 12.1 Å². The van der Waals surface area contributed by atoms with Crippen molar-refractivity contribution < 1.29 is 0 Å². The Balaban J connectivity index is 2.51. The van der Waals surface area contributed by atoms with E-state index in [-0.39, 0.29) is 0 Å². The standard InChI is InChI=1S/C8H7NS/c9-8-5-6-3-1-2-4-7(6)10-8/h1-4,9H,5H2. The van der Waals surface area contributed by atoms with Crippen LogP contribution >= 0.6 is 11.8 Å². The molecule has 1 N–H and O–H groups in total. The van der Waals surface area contributed by atoms with E-state index in [4.69, 9.17) is 5.41 Å². The van der Waals surface area contributed by atoms with Crippen LogP contribution in [0.1, 0.15) is 5.56 Å². The maximum atomic E-state index is 7.40. The molecule has 1 aromatic rings. The van der Waals surface area contributed by atoms with E-state index in [9.17, 15) is 0 Å². The van der Waals surface area contributed by atoms with E-state index in [0.717, 1.165) is 11.5 Å². The first kappa shape index (κ1) is 5.98. The van der Waals surface area contributed by atoms with E-state index in [1.807, 2.05) is 12.1 Å². The Labute approximate surface area is 64.0 Å². The Bertz CT molecular complexity index is 253. The minimum Gasteiger partial charge on any atom is -0.298 e. The van der Waals surface area contributed by atoms with Crippen LogP contribution in [0.3, 0.4) is 0 Å². The Hall–Kier alpha value is -0.760. The summed E-state index contributed by atoms with van der Waals surface area (Å²) in [5.74, 6) is 0. The lowest BCUT2D eigenvalue weighted by atomic mass is 10.2. The van der Waals surface area contributed by atoms with E-state index in [1.54, 1.807) is 11.8 Å². The second-order valence-corrected chi connectivity index (χ2v) is 3.45. The van der Waals surface area contributed by atoms with Gasteiger partial charge in [-0.15, -0.1) is 0 Å². The molecule has 0 amide bonds. The molecule has 0 aromatic heterocycles. The van der Waals surface area contributed by atoms with Gasteiger partial charge in [-0.3, -0.25) is 5.41 Å². The summed E-state index contributed by atoms with van der Waals surface area (Å²) in [6.07, 6.45) is 0.834. The van der Waals surface area contributed by atoms with Crippen LogP contribution in [0.25, 0.3) is 0 Å². The third kappa shape index (κ3) is 0.847. The van der Waals surface area contributed by atoms with Crippen LogP contribution < -0.4 is 0 Å². The molecule has 1 aromatic carbocycles. The Morgan fingerprint density at radius 2 is 2.10 bits per heavy atom. The summed E-state index contributed by atoms with van der Waals surface area (Å²) in [4.78, 5) is 1.26. The third-order valence-corrected chi connectivity index (χ3v) is 2.57. The number of rotatable bonds is 0. The number of hydrogen-bond acceptors (Lipinski definition) is 2. The summed E-state index contributed by atoms with van der Waals surface area (Å²) in [7, 11) is 0. The number of benzene rings is 1. The normalized spacial score (nSPS) is 15.4. The van der Waals surface area contributed by atoms with Gasteiger partial charge in [-0.2, -0.15) is 0 Å². The third-order valence-electron chi connectivity index (χ3n) is 1.56. The number of nitrogens with one attached hydrogen (secondary N) is 1. The molecule has 0 fully saturated rings. The fourth-order valence-electron chi connectivity index (χ4n) is 1.09. The fraction of sp³-hybridized carbons (Fsp3) is 0.125. The van der Waals surface area contributed by atoms with E-state index < -0.39 is 0 Å². The maximum absolute atomic E-state index is 7.40. The van der Waals surface area contributed by atoms with Crippen LogP contribution in [0.4, 0.5) is 0 Å². The van der Waals surface area contributed by atoms with Gasteiger partial charge in [0.15, 0.2) is 0 Å². The summed E-state index contributed by atoms with van der Waals surface area (Å²) in [6.45, 7) is 0. The topological polar surface area (TPSA) is 23.9 Å². The molecular formula is C8H7NS. The van der Waals surface area contributed by atoms with Crippen molar-refractivity contribution >= 4 is 16.8 Å². The van der Waals surface area contributed by atoms with E-state index in [1.165, 1.54) is 10.5 Å². The molecule has 50 valence electrons. The summed E-state index contributed by atoms with van der Waals surface area (Å²) in [5.41, 5.74) is 1.30. The molecule has 0 spiro atoms. The zero-order chi connectivity index (χ0) is 6.97. The van der Waals surface area contributed by atoms with Crippen LogP contribution in [0.2, 0.25) is 0 Å². The van der Waals surface area contributed by atoms with Gasteiger partial charge in [-0.1, -0.05) is 30.0 Å². The summed E-state index contributed by atoms with van der Waals surface area (Å²) in [5, 5.41) is 8.16. The van der Waals surface area contributed by atoms with Gasteiger partial charge in [0.1, 0.15) is 0 Å². The van der Waals surface area contributed by atoms with Gasteiger partial charge in [0, 0.05) is 11.3 Å². The minimum absolute atomic E-state index is 0.765. The average molecular weight is 149 g/mol. The lowest BCUT2D eigenvalue weighted by molar-refractivity contribution is 1.25. The van der Waals surface area contributed by atoms with Crippen molar-refractivity contribution in [2.75, 3.05) is 0 Å². The first-order chi connectivity index (χ1) is 4.86. The second kappa shape index (κ2) is 2.13. The van der Waals surface area contributed by atoms with Crippen LogP contribution in [0.15, 0.2) is 29.2 Å². The highest BCUT2D eigenvalue weighted by Crippen LogP contribution is 2.31. The molecule has 2 rings (SSSR count). The predicted molar refractivity (Wildman–Crippen MR) is 43.7 cm³/mol. The zero-order valence-corrected chi connectivity index (χ0v) is 6.24. The van der Waals surface area contributed by atoms with Gasteiger partial charge in [-0.25, -0.2) is 0 Å². The molecule has 0 aliphatic carbocycles. The molecular weight excluding hydrogens is 142 g/mol. The largest absolute Gasteiger partial charge is 0.298 e. The van der Waals surface area contributed by atoms with E-state index in [0.29, 0.717) is 0 Å². The highest BCUT2D eigenvalue weighted by Gasteiger charge is 2.14. The SMILES string of the molecule is N=C1Cc2ccccc2S1. The summed E-state index contributed by atoms with van der Waals surface area (Å²) >= 11 is 1.57. The Kier molecular flexibility index (Phi) is 1.27. The van der Waals surface area contributed by atoms with Crippen molar-refractivity contribution in [2.45, 2.75) is 11.3 Å². The van der Waals surface area contributed by atoms with Gasteiger partial charge >= 0.3 is 0 Å². The van der Waals surface area contributed by atoms with Gasteiger partial charge in [0.2, 0.25) is 0 Å². The van der Waals surface area contributed by atoms with Crippen LogP contribution in [0.5, 0.6) is 0 Å². The molecule has 2 heteroatoms. The lowest BCUT2D eigenvalue weighted by Crippen LogP contribution is -1.83. The maximum Gasteiger partial charge on any atom is 0.0733 e. The first-order valence-electron chi connectivity index (χ1n) is 3.19. The number of fused-ring (bicyclic) bond motifs is 1. The quantitative estimate of drug-likeness (QED) is 0.601. The summed E-state index contributed by atoms with van der Waals surface area (Å²) < 4.78 is 0.